The van der Waals surface area contributed by atoms with Gasteiger partial charge in [0.25, 0.3) is 0 Å². The molecule has 0 amide bonds. The van der Waals surface area contributed by atoms with E-state index >= 15 is 0 Å². The molecule has 0 radical (unpaired) electrons. The van der Waals surface area contributed by atoms with Crippen molar-refractivity contribution in [3.63, 3.8) is 0 Å². The lowest BCUT2D eigenvalue weighted by Gasteiger charge is -2.21. The van der Waals surface area contributed by atoms with Crippen LogP contribution in [0.5, 0.6) is 0 Å². The Morgan fingerprint density at radius 2 is 2.10 bits per heavy atom. The van der Waals surface area contributed by atoms with Crippen LogP contribution >= 0.6 is 0 Å². The molecule has 0 unspecified atom stereocenters. The minimum absolute atomic E-state index is 0.192. The molecular weight excluding hydrogens is 128 g/mol. The van der Waals surface area contributed by atoms with Crippen LogP contribution in [0.4, 0.5) is 0 Å². The summed E-state index contributed by atoms with van der Waals surface area (Å²) in [5.74, 6) is 0. The van der Waals surface area contributed by atoms with E-state index in [4.69, 9.17) is 4.89 Å². The molecular formula is C8H16O2. The maximum atomic E-state index is 5.00. The molecule has 0 bridgehead atoms. The van der Waals surface area contributed by atoms with Crippen molar-refractivity contribution in [2.24, 2.45) is 0 Å². The highest BCUT2D eigenvalue weighted by atomic mass is 17.2. The van der Waals surface area contributed by atoms with Gasteiger partial charge in [-0.05, 0) is 20.3 Å². The quantitative estimate of drug-likeness (QED) is 0.335. The summed E-state index contributed by atoms with van der Waals surface area (Å²) in [5.41, 5.74) is -0.192. The second-order valence-corrected chi connectivity index (χ2v) is 2.86. The fourth-order valence-corrected chi connectivity index (χ4v) is 0.808. The minimum Gasteiger partial charge on any atom is -0.346 e. The van der Waals surface area contributed by atoms with E-state index in [9.17, 15) is 0 Å². The van der Waals surface area contributed by atoms with Gasteiger partial charge in [0.2, 0.25) is 0 Å². The van der Waals surface area contributed by atoms with E-state index in [-0.39, 0.29) is 5.60 Å². The number of rotatable bonds is 5. The molecule has 0 N–H and O–H groups in total. The standard InChI is InChI=1S/C8H16O2/c1-5-7-8(3,4)10-9-6-2/h6H,2,5,7H2,1,3-4H3. The van der Waals surface area contributed by atoms with Crippen LogP contribution in [-0.2, 0) is 9.78 Å². The predicted octanol–water partition coefficient (Wildman–Crippen LogP) is 2.66. The molecule has 0 saturated carbocycles. The van der Waals surface area contributed by atoms with E-state index in [2.05, 4.69) is 18.4 Å². The van der Waals surface area contributed by atoms with Crippen LogP contribution in [0.3, 0.4) is 0 Å². The molecule has 10 heavy (non-hydrogen) atoms. The van der Waals surface area contributed by atoms with Gasteiger partial charge >= 0.3 is 0 Å². The number of hydrogen-bond donors (Lipinski definition) is 0. The van der Waals surface area contributed by atoms with Crippen LogP contribution in [0.1, 0.15) is 33.6 Å². The molecule has 0 saturated heterocycles. The van der Waals surface area contributed by atoms with Crippen molar-refractivity contribution >= 4 is 0 Å². The summed E-state index contributed by atoms with van der Waals surface area (Å²) in [6.45, 7) is 9.46. The Balaban J connectivity index is 3.51. The molecule has 0 aliphatic carbocycles. The Morgan fingerprint density at radius 3 is 2.50 bits per heavy atom. The van der Waals surface area contributed by atoms with Crippen molar-refractivity contribution in [3.8, 4) is 0 Å². The first kappa shape index (κ1) is 9.50. The van der Waals surface area contributed by atoms with Gasteiger partial charge < -0.3 is 4.89 Å². The van der Waals surface area contributed by atoms with Crippen LogP contribution in [0.15, 0.2) is 12.8 Å². The molecule has 0 aliphatic heterocycles. The topological polar surface area (TPSA) is 18.5 Å². The summed E-state index contributed by atoms with van der Waals surface area (Å²) in [5, 5.41) is 0. The van der Waals surface area contributed by atoms with E-state index in [1.807, 2.05) is 13.8 Å². The van der Waals surface area contributed by atoms with Gasteiger partial charge in [0.1, 0.15) is 11.9 Å². The van der Waals surface area contributed by atoms with E-state index in [0.29, 0.717) is 0 Å². The van der Waals surface area contributed by atoms with Crippen molar-refractivity contribution in [1.29, 1.82) is 0 Å². The van der Waals surface area contributed by atoms with Gasteiger partial charge in [0.05, 0.1) is 0 Å². The van der Waals surface area contributed by atoms with Crippen molar-refractivity contribution in [2.45, 2.75) is 39.2 Å². The van der Waals surface area contributed by atoms with Gasteiger partial charge in [-0.2, -0.15) is 4.89 Å². The molecule has 2 nitrogen and oxygen atoms in total. The number of hydrogen-bond acceptors (Lipinski definition) is 2. The highest BCUT2D eigenvalue weighted by Crippen LogP contribution is 2.16. The molecule has 0 fully saturated rings. The molecule has 0 aromatic rings. The molecule has 0 aromatic heterocycles. The monoisotopic (exact) mass is 144 g/mol. The van der Waals surface area contributed by atoms with Crippen LogP contribution in [0.2, 0.25) is 0 Å². The lowest BCUT2D eigenvalue weighted by molar-refractivity contribution is -0.317. The van der Waals surface area contributed by atoms with Crippen molar-refractivity contribution in [1.82, 2.24) is 0 Å². The summed E-state index contributed by atoms with van der Waals surface area (Å²) in [4.78, 5) is 9.62. The molecule has 0 aromatic carbocycles. The zero-order valence-corrected chi connectivity index (χ0v) is 7.02. The fraction of sp³-hybridized carbons (Fsp3) is 0.750. The molecule has 0 rings (SSSR count). The van der Waals surface area contributed by atoms with E-state index in [1.165, 1.54) is 6.26 Å². The third-order valence-electron chi connectivity index (χ3n) is 1.19. The van der Waals surface area contributed by atoms with Gasteiger partial charge in [-0.1, -0.05) is 19.9 Å². The van der Waals surface area contributed by atoms with E-state index < -0.39 is 0 Å². The van der Waals surface area contributed by atoms with Gasteiger partial charge in [-0.25, -0.2) is 0 Å². The first-order valence-electron chi connectivity index (χ1n) is 3.58. The smallest absolute Gasteiger partial charge is 0.122 e. The van der Waals surface area contributed by atoms with Crippen molar-refractivity contribution in [2.75, 3.05) is 0 Å². The normalized spacial score (nSPS) is 11.1. The van der Waals surface area contributed by atoms with E-state index in [0.717, 1.165) is 12.8 Å². The van der Waals surface area contributed by atoms with Gasteiger partial charge in [-0.3, -0.25) is 0 Å². The lowest BCUT2D eigenvalue weighted by Crippen LogP contribution is -2.22. The highest BCUT2D eigenvalue weighted by molar-refractivity contribution is 4.65. The zero-order chi connectivity index (χ0) is 8.04. The molecule has 0 atom stereocenters. The summed E-state index contributed by atoms with van der Waals surface area (Å²) in [6, 6.07) is 0. The maximum absolute atomic E-state index is 5.00. The lowest BCUT2D eigenvalue weighted by atomic mass is 10.0. The summed E-state index contributed by atoms with van der Waals surface area (Å²) >= 11 is 0. The van der Waals surface area contributed by atoms with Gasteiger partial charge in [0, 0.05) is 0 Å². The average Bonchev–Trinajstić information content (AvgIpc) is 1.84. The SMILES string of the molecule is C=COOC(C)(C)CCC. The molecule has 60 valence electrons. The second-order valence-electron chi connectivity index (χ2n) is 2.86. The third kappa shape index (κ3) is 4.39. The second kappa shape index (κ2) is 4.34. The predicted molar refractivity (Wildman–Crippen MR) is 41.4 cm³/mol. The molecule has 2 heteroatoms. The first-order chi connectivity index (χ1) is 4.62. The van der Waals surface area contributed by atoms with Crippen LogP contribution in [-0.4, -0.2) is 5.60 Å². The van der Waals surface area contributed by atoms with Crippen LogP contribution in [0.25, 0.3) is 0 Å². The Bertz CT molecular complexity index is 97.4. The molecule has 0 spiro atoms. The van der Waals surface area contributed by atoms with Gasteiger partial charge in [-0.15, -0.1) is 0 Å². The zero-order valence-electron chi connectivity index (χ0n) is 7.02. The fourth-order valence-electron chi connectivity index (χ4n) is 0.808. The van der Waals surface area contributed by atoms with Crippen LogP contribution in [0, 0.1) is 0 Å². The third-order valence-corrected chi connectivity index (χ3v) is 1.19. The van der Waals surface area contributed by atoms with Crippen molar-refractivity contribution in [3.05, 3.63) is 12.8 Å². The Kier molecular flexibility index (Phi) is 4.12. The Hall–Kier alpha value is -0.500. The molecule has 0 aliphatic rings. The maximum Gasteiger partial charge on any atom is 0.122 e. The summed E-state index contributed by atoms with van der Waals surface area (Å²) in [6.07, 6.45) is 3.37. The Morgan fingerprint density at radius 1 is 1.50 bits per heavy atom. The Labute approximate surface area is 62.8 Å². The first-order valence-corrected chi connectivity index (χ1v) is 3.58. The van der Waals surface area contributed by atoms with Crippen molar-refractivity contribution < 1.29 is 9.78 Å². The van der Waals surface area contributed by atoms with Crippen LogP contribution < -0.4 is 0 Å². The summed E-state index contributed by atoms with van der Waals surface area (Å²) < 4.78 is 0. The minimum atomic E-state index is -0.192. The highest BCUT2D eigenvalue weighted by Gasteiger charge is 2.18. The summed E-state index contributed by atoms with van der Waals surface area (Å²) in [7, 11) is 0. The average molecular weight is 144 g/mol. The largest absolute Gasteiger partial charge is 0.346 e. The van der Waals surface area contributed by atoms with Gasteiger partial charge in [0.15, 0.2) is 0 Å². The molecule has 0 heterocycles. The van der Waals surface area contributed by atoms with E-state index in [1.54, 1.807) is 0 Å².